The number of carbonyl (C=O) groups excluding carboxylic acids is 2. The molecule has 0 radical (unpaired) electrons. The molecular weight excluding hydrogens is 232 g/mol. The molecule has 3 N–H and O–H groups in total. The van der Waals surface area contributed by atoms with Crippen molar-refractivity contribution in [1.82, 2.24) is 10.2 Å². The first-order valence-electron chi connectivity index (χ1n) is 5.82. The van der Waals surface area contributed by atoms with Crippen LogP contribution in [0.5, 0.6) is 0 Å². The Morgan fingerprint density at radius 3 is 3.11 bits per heavy atom. The Kier molecular flexibility index (Phi) is 3.29. The molecule has 2 aliphatic heterocycles. The van der Waals surface area contributed by atoms with Gasteiger partial charge in [-0.3, -0.25) is 9.59 Å². The van der Waals surface area contributed by atoms with Gasteiger partial charge in [0.05, 0.1) is 6.42 Å². The first-order chi connectivity index (χ1) is 8.58. The zero-order chi connectivity index (χ0) is 13.2. The maximum atomic E-state index is 12.2. The molecule has 2 heterocycles. The predicted molar refractivity (Wildman–Crippen MR) is 67.6 cm³/mol. The Labute approximate surface area is 105 Å². The van der Waals surface area contributed by atoms with Gasteiger partial charge in [0, 0.05) is 19.3 Å². The molecule has 2 aliphatic rings. The van der Waals surface area contributed by atoms with E-state index in [1.54, 1.807) is 30.2 Å². The molecule has 18 heavy (non-hydrogen) atoms. The molecule has 1 atom stereocenters. The van der Waals surface area contributed by atoms with Crippen LogP contribution in [0, 0.1) is 0 Å². The van der Waals surface area contributed by atoms with Gasteiger partial charge in [0.15, 0.2) is 0 Å². The maximum absolute atomic E-state index is 12.2. The highest BCUT2D eigenvalue weighted by atomic mass is 16.2. The predicted octanol–water partition coefficient (Wildman–Crippen LogP) is -0.466. The molecule has 0 aromatic heterocycles. The first-order valence-corrected chi connectivity index (χ1v) is 5.82. The van der Waals surface area contributed by atoms with Gasteiger partial charge in [0.25, 0.3) is 5.91 Å². The highest BCUT2D eigenvalue weighted by Crippen LogP contribution is 2.27. The molecule has 0 saturated carbocycles. The fourth-order valence-electron chi connectivity index (χ4n) is 2.06. The number of aliphatic imine (C=N–C) groups is 1. The van der Waals surface area contributed by atoms with Gasteiger partial charge in [0.2, 0.25) is 5.91 Å². The summed E-state index contributed by atoms with van der Waals surface area (Å²) < 4.78 is 0. The fraction of sp³-hybridized carbons (Fsp3) is 0.417. The summed E-state index contributed by atoms with van der Waals surface area (Å²) in [6.07, 6.45) is 7.12. The number of fused-ring (bicyclic) bond motifs is 1. The van der Waals surface area contributed by atoms with E-state index < -0.39 is 5.54 Å². The number of nitrogens with one attached hydrogen (secondary N) is 1. The van der Waals surface area contributed by atoms with Crippen LogP contribution < -0.4 is 11.1 Å². The average molecular weight is 248 g/mol. The third-order valence-electron chi connectivity index (χ3n) is 3.02. The number of nitrogens with two attached hydrogens (primary N) is 1. The molecule has 2 amide bonds. The van der Waals surface area contributed by atoms with E-state index in [0.717, 1.165) is 0 Å². The summed E-state index contributed by atoms with van der Waals surface area (Å²) in [6.45, 7) is 2.49. The second kappa shape index (κ2) is 4.73. The Balaban J connectivity index is 2.29. The van der Waals surface area contributed by atoms with Crippen molar-refractivity contribution in [3.63, 3.8) is 0 Å². The second-order valence-corrected chi connectivity index (χ2v) is 4.43. The molecule has 0 bridgehead atoms. The van der Waals surface area contributed by atoms with Crippen molar-refractivity contribution in [3.8, 4) is 0 Å². The summed E-state index contributed by atoms with van der Waals surface area (Å²) in [4.78, 5) is 29.5. The maximum Gasteiger partial charge on any atom is 0.250 e. The topological polar surface area (TPSA) is 87.8 Å². The molecule has 0 spiro atoms. The SMILES string of the molecule is CC1(C(=O)NCCN)CC(=O)N=C2C=CC=CN21. The van der Waals surface area contributed by atoms with E-state index in [9.17, 15) is 9.59 Å². The number of carbonyl (C=O) groups is 2. The fourth-order valence-corrected chi connectivity index (χ4v) is 2.06. The van der Waals surface area contributed by atoms with Crippen LogP contribution in [-0.2, 0) is 9.59 Å². The third-order valence-corrected chi connectivity index (χ3v) is 3.02. The van der Waals surface area contributed by atoms with Crippen LogP contribution in [0.4, 0.5) is 0 Å². The summed E-state index contributed by atoms with van der Waals surface area (Å²) in [6, 6.07) is 0. The molecular formula is C12H16N4O2. The van der Waals surface area contributed by atoms with Gasteiger partial charge < -0.3 is 16.0 Å². The van der Waals surface area contributed by atoms with Crippen molar-refractivity contribution < 1.29 is 9.59 Å². The molecule has 6 nitrogen and oxygen atoms in total. The normalized spacial score (nSPS) is 25.8. The smallest absolute Gasteiger partial charge is 0.250 e. The van der Waals surface area contributed by atoms with Crippen LogP contribution in [0.15, 0.2) is 29.4 Å². The summed E-state index contributed by atoms with van der Waals surface area (Å²) in [5.74, 6) is -0.000558. The molecule has 0 aliphatic carbocycles. The van der Waals surface area contributed by atoms with Crippen molar-refractivity contribution in [2.75, 3.05) is 13.1 Å². The van der Waals surface area contributed by atoms with Gasteiger partial charge in [-0.2, -0.15) is 4.99 Å². The van der Waals surface area contributed by atoms with Gasteiger partial charge >= 0.3 is 0 Å². The van der Waals surface area contributed by atoms with Gasteiger partial charge in [-0.15, -0.1) is 0 Å². The molecule has 0 aromatic rings. The highest BCUT2D eigenvalue weighted by Gasteiger charge is 2.44. The van der Waals surface area contributed by atoms with Crippen molar-refractivity contribution in [2.45, 2.75) is 18.9 Å². The lowest BCUT2D eigenvalue weighted by Gasteiger charge is -2.41. The lowest BCUT2D eigenvalue weighted by Crippen LogP contribution is -2.60. The van der Waals surface area contributed by atoms with Crippen molar-refractivity contribution in [1.29, 1.82) is 0 Å². The molecule has 0 aromatic carbocycles. The highest BCUT2D eigenvalue weighted by molar-refractivity contribution is 6.09. The Hall–Kier alpha value is -1.95. The van der Waals surface area contributed by atoms with Crippen LogP contribution >= 0.6 is 0 Å². The molecule has 0 saturated heterocycles. The van der Waals surface area contributed by atoms with E-state index in [4.69, 9.17) is 5.73 Å². The quantitative estimate of drug-likeness (QED) is 0.707. The molecule has 0 fully saturated rings. The lowest BCUT2D eigenvalue weighted by atomic mass is 9.91. The molecule has 6 heteroatoms. The monoisotopic (exact) mass is 248 g/mol. The number of allylic oxidation sites excluding steroid dienone is 2. The Morgan fingerprint density at radius 2 is 2.39 bits per heavy atom. The summed E-state index contributed by atoms with van der Waals surface area (Å²) in [7, 11) is 0. The number of hydrogen-bond donors (Lipinski definition) is 2. The Bertz CT molecular complexity index is 467. The number of hydrogen-bond acceptors (Lipinski definition) is 4. The van der Waals surface area contributed by atoms with Crippen molar-refractivity contribution in [3.05, 3.63) is 24.4 Å². The second-order valence-electron chi connectivity index (χ2n) is 4.43. The number of nitrogens with zero attached hydrogens (tertiary/aromatic N) is 2. The molecule has 96 valence electrons. The van der Waals surface area contributed by atoms with E-state index in [1.165, 1.54) is 0 Å². The van der Waals surface area contributed by atoms with E-state index in [-0.39, 0.29) is 18.2 Å². The summed E-state index contributed by atoms with van der Waals surface area (Å²) in [5.41, 5.74) is 4.42. The van der Waals surface area contributed by atoms with Crippen LogP contribution in [0.1, 0.15) is 13.3 Å². The van der Waals surface area contributed by atoms with Gasteiger partial charge in [0.1, 0.15) is 11.4 Å². The van der Waals surface area contributed by atoms with Crippen LogP contribution in [0.25, 0.3) is 0 Å². The largest absolute Gasteiger partial charge is 0.353 e. The minimum Gasteiger partial charge on any atom is -0.353 e. The van der Waals surface area contributed by atoms with E-state index in [0.29, 0.717) is 18.9 Å². The van der Waals surface area contributed by atoms with Crippen molar-refractivity contribution in [2.24, 2.45) is 10.7 Å². The lowest BCUT2D eigenvalue weighted by molar-refractivity contribution is -0.134. The minimum atomic E-state index is -0.940. The summed E-state index contributed by atoms with van der Waals surface area (Å²) >= 11 is 0. The number of rotatable bonds is 3. The van der Waals surface area contributed by atoms with Crippen LogP contribution in [0.2, 0.25) is 0 Å². The number of amides is 2. The van der Waals surface area contributed by atoms with Gasteiger partial charge in [-0.1, -0.05) is 6.08 Å². The first kappa shape index (κ1) is 12.5. The van der Waals surface area contributed by atoms with Gasteiger partial charge in [-0.05, 0) is 19.1 Å². The third kappa shape index (κ3) is 2.06. The zero-order valence-electron chi connectivity index (χ0n) is 10.2. The zero-order valence-corrected chi connectivity index (χ0v) is 10.2. The van der Waals surface area contributed by atoms with Crippen LogP contribution in [0.3, 0.4) is 0 Å². The van der Waals surface area contributed by atoms with E-state index >= 15 is 0 Å². The molecule has 1 unspecified atom stereocenters. The summed E-state index contributed by atoms with van der Waals surface area (Å²) in [5, 5.41) is 2.73. The number of amidine groups is 1. The van der Waals surface area contributed by atoms with Crippen molar-refractivity contribution >= 4 is 17.6 Å². The van der Waals surface area contributed by atoms with Crippen LogP contribution in [-0.4, -0.2) is 41.2 Å². The van der Waals surface area contributed by atoms with E-state index in [1.807, 2.05) is 6.08 Å². The standard InChI is InChI=1S/C12H16N4O2/c1-12(11(18)14-6-5-13)8-10(17)15-9-4-2-3-7-16(9)12/h2-4,7H,5-6,8,13H2,1H3,(H,14,18). The average Bonchev–Trinajstić information content (AvgIpc) is 2.35. The van der Waals surface area contributed by atoms with Gasteiger partial charge in [-0.25, -0.2) is 0 Å². The molecule has 2 rings (SSSR count). The minimum absolute atomic E-state index is 0.0606. The van der Waals surface area contributed by atoms with E-state index in [2.05, 4.69) is 10.3 Å². The Morgan fingerprint density at radius 1 is 1.61 bits per heavy atom.